The van der Waals surface area contributed by atoms with E-state index in [0.717, 1.165) is 12.1 Å². The average Bonchev–Trinajstić information content (AvgIpc) is 3.29. The lowest BCUT2D eigenvalue weighted by Gasteiger charge is -2.12. The predicted molar refractivity (Wildman–Crippen MR) is 108 cm³/mol. The minimum atomic E-state index is -1.05. The summed E-state index contributed by atoms with van der Waals surface area (Å²) in [6, 6.07) is 15.9. The van der Waals surface area contributed by atoms with Crippen LogP contribution in [0.5, 0.6) is 0 Å². The number of anilines is 1. The Balaban J connectivity index is 1.56. The predicted octanol–water partition coefficient (Wildman–Crippen LogP) is 4.73. The lowest BCUT2D eigenvalue weighted by molar-refractivity contribution is 0.0696. The molecule has 4 rings (SSSR count). The van der Waals surface area contributed by atoms with Gasteiger partial charge in [-0.05, 0) is 47.0 Å². The monoisotopic (exact) mass is 406 g/mol. The highest BCUT2D eigenvalue weighted by Crippen LogP contribution is 2.25. The first-order valence-corrected chi connectivity index (χ1v) is 9.03. The van der Waals surface area contributed by atoms with Gasteiger partial charge < -0.3 is 10.4 Å². The summed E-state index contributed by atoms with van der Waals surface area (Å²) in [5.74, 6) is -2.86. The van der Waals surface area contributed by atoms with Crippen molar-refractivity contribution in [1.29, 1.82) is 0 Å². The lowest BCUT2D eigenvalue weighted by Crippen LogP contribution is -2.07. The molecule has 8 heteroatoms. The largest absolute Gasteiger partial charge is 0.478 e. The maximum Gasteiger partial charge on any atom is 0.336 e. The summed E-state index contributed by atoms with van der Waals surface area (Å²) in [7, 11) is 0. The Morgan fingerprint density at radius 1 is 0.967 bits per heavy atom. The molecule has 0 aliphatic carbocycles. The number of nitrogens with one attached hydrogen (secondary N) is 2. The highest BCUT2D eigenvalue weighted by molar-refractivity contribution is 5.91. The lowest BCUT2D eigenvalue weighted by atomic mass is 10.0. The van der Waals surface area contributed by atoms with Gasteiger partial charge in [-0.15, -0.1) is 0 Å². The third-order valence-corrected chi connectivity index (χ3v) is 4.65. The molecule has 0 bridgehead atoms. The van der Waals surface area contributed by atoms with Crippen LogP contribution < -0.4 is 5.32 Å². The van der Waals surface area contributed by atoms with Crippen LogP contribution in [0.3, 0.4) is 0 Å². The van der Waals surface area contributed by atoms with E-state index in [2.05, 4.69) is 20.7 Å². The van der Waals surface area contributed by atoms with E-state index < -0.39 is 17.6 Å². The van der Waals surface area contributed by atoms with Crippen molar-refractivity contribution in [1.82, 2.24) is 15.4 Å². The van der Waals surface area contributed by atoms with Crippen LogP contribution in [0.25, 0.3) is 22.4 Å². The van der Waals surface area contributed by atoms with Crippen LogP contribution in [0.15, 0.2) is 66.9 Å². The van der Waals surface area contributed by atoms with E-state index in [0.29, 0.717) is 33.6 Å². The fraction of sp³-hybridized carbons (Fsp3) is 0.0455. The van der Waals surface area contributed by atoms with Gasteiger partial charge in [-0.25, -0.2) is 13.6 Å². The Morgan fingerprint density at radius 2 is 1.77 bits per heavy atom. The van der Waals surface area contributed by atoms with Gasteiger partial charge in [-0.2, -0.15) is 15.4 Å². The maximum absolute atomic E-state index is 13.5. The number of benzene rings is 3. The van der Waals surface area contributed by atoms with Crippen molar-refractivity contribution >= 4 is 11.7 Å². The number of hydrogen-bond acceptors (Lipinski definition) is 4. The fourth-order valence-electron chi connectivity index (χ4n) is 3.11. The van der Waals surface area contributed by atoms with Gasteiger partial charge in [0, 0.05) is 17.8 Å². The number of carbonyl (C=O) groups is 1. The third-order valence-electron chi connectivity index (χ3n) is 4.65. The molecule has 3 N–H and O–H groups in total. The Kier molecular flexibility index (Phi) is 5.21. The van der Waals surface area contributed by atoms with Gasteiger partial charge in [-0.3, -0.25) is 0 Å². The summed E-state index contributed by atoms with van der Waals surface area (Å²) in [5, 5.41) is 23.0. The van der Waals surface area contributed by atoms with E-state index in [1.54, 1.807) is 36.4 Å². The topological polar surface area (TPSA) is 90.9 Å². The Hall–Kier alpha value is -4.07. The van der Waals surface area contributed by atoms with Crippen LogP contribution in [-0.4, -0.2) is 26.5 Å². The fourth-order valence-corrected chi connectivity index (χ4v) is 3.11. The Morgan fingerprint density at radius 3 is 2.50 bits per heavy atom. The molecule has 6 nitrogen and oxygen atoms in total. The molecule has 0 saturated heterocycles. The molecule has 4 aromatic rings. The molecule has 0 radical (unpaired) electrons. The second-order valence-electron chi connectivity index (χ2n) is 6.60. The van der Waals surface area contributed by atoms with E-state index in [4.69, 9.17) is 0 Å². The highest BCUT2D eigenvalue weighted by Gasteiger charge is 2.13. The molecule has 1 heterocycles. The molecule has 3 aromatic carbocycles. The molecule has 0 spiro atoms. The number of carboxylic acids is 1. The summed E-state index contributed by atoms with van der Waals surface area (Å²) in [4.78, 5) is 11.7. The van der Waals surface area contributed by atoms with Gasteiger partial charge >= 0.3 is 5.97 Å². The molecule has 150 valence electrons. The van der Waals surface area contributed by atoms with Crippen molar-refractivity contribution in [2.45, 2.75) is 6.54 Å². The molecule has 30 heavy (non-hydrogen) atoms. The van der Waals surface area contributed by atoms with Crippen molar-refractivity contribution < 1.29 is 18.7 Å². The zero-order chi connectivity index (χ0) is 21.1. The van der Waals surface area contributed by atoms with Crippen LogP contribution >= 0.6 is 0 Å². The smallest absolute Gasteiger partial charge is 0.336 e. The first-order chi connectivity index (χ1) is 14.5. The summed E-state index contributed by atoms with van der Waals surface area (Å²) in [6.45, 7) is 0.266. The number of aromatic amines is 1. The van der Waals surface area contributed by atoms with Gasteiger partial charge in [0.25, 0.3) is 0 Å². The second-order valence-corrected chi connectivity index (χ2v) is 6.60. The SMILES string of the molecule is O=C(O)c1cc(-c2cn[nH]n2)ccc1CNc1cccc(-c2ccc(F)c(F)c2)c1. The summed E-state index contributed by atoms with van der Waals surface area (Å²) in [6.07, 6.45) is 1.52. The average molecular weight is 406 g/mol. The van der Waals surface area contributed by atoms with Crippen LogP contribution in [0.2, 0.25) is 0 Å². The molecule has 0 aliphatic rings. The molecule has 0 aliphatic heterocycles. The number of halogens is 2. The normalized spacial score (nSPS) is 10.7. The molecular formula is C22H16F2N4O2. The number of aromatic carboxylic acids is 1. The second kappa shape index (κ2) is 8.12. The van der Waals surface area contributed by atoms with Crippen molar-refractivity contribution in [2.24, 2.45) is 0 Å². The van der Waals surface area contributed by atoms with Gasteiger partial charge in [0.05, 0.1) is 11.8 Å². The Bertz CT molecular complexity index is 1210. The molecule has 0 unspecified atom stereocenters. The molecule has 0 fully saturated rings. The maximum atomic E-state index is 13.5. The van der Waals surface area contributed by atoms with E-state index in [-0.39, 0.29) is 12.1 Å². The zero-order valence-corrected chi connectivity index (χ0v) is 15.6. The van der Waals surface area contributed by atoms with E-state index in [1.165, 1.54) is 12.3 Å². The number of H-pyrrole nitrogens is 1. The summed E-state index contributed by atoms with van der Waals surface area (Å²) >= 11 is 0. The third kappa shape index (κ3) is 4.02. The molecule has 0 atom stereocenters. The minimum Gasteiger partial charge on any atom is -0.478 e. The van der Waals surface area contributed by atoms with Crippen LogP contribution in [0.4, 0.5) is 14.5 Å². The van der Waals surface area contributed by atoms with Crippen LogP contribution in [0.1, 0.15) is 15.9 Å². The van der Waals surface area contributed by atoms with Crippen LogP contribution in [0, 0.1) is 11.6 Å². The Labute approximate surface area is 170 Å². The van der Waals surface area contributed by atoms with Gasteiger partial charge in [0.2, 0.25) is 0 Å². The van der Waals surface area contributed by atoms with Gasteiger partial charge in [0.15, 0.2) is 11.6 Å². The van der Waals surface area contributed by atoms with E-state index >= 15 is 0 Å². The van der Waals surface area contributed by atoms with Gasteiger partial charge in [-0.1, -0.05) is 30.3 Å². The molecule has 0 saturated carbocycles. The first-order valence-electron chi connectivity index (χ1n) is 9.03. The number of nitrogens with zero attached hydrogens (tertiary/aromatic N) is 2. The highest BCUT2D eigenvalue weighted by atomic mass is 19.2. The van der Waals surface area contributed by atoms with Crippen molar-refractivity contribution in [3.8, 4) is 22.4 Å². The first kappa shape index (κ1) is 19.3. The summed E-state index contributed by atoms with van der Waals surface area (Å²) < 4.78 is 26.7. The number of rotatable bonds is 6. The number of hydrogen-bond donors (Lipinski definition) is 3. The van der Waals surface area contributed by atoms with Crippen molar-refractivity contribution in [3.05, 3.63) is 89.6 Å². The van der Waals surface area contributed by atoms with Crippen molar-refractivity contribution in [3.63, 3.8) is 0 Å². The standard InChI is InChI=1S/C22H16F2N4O2/c23-19-7-6-14(10-20(19)24)13-2-1-3-17(8-13)25-11-16-5-4-15(9-18(16)22(29)30)21-12-26-28-27-21/h1-10,12,25H,11H2,(H,29,30)(H,26,27,28). The van der Waals surface area contributed by atoms with E-state index in [1.807, 2.05) is 6.07 Å². The quantitative estimate of drug-likeness (QED) is 0.431. The molecule has 0 amide bonds. The van der Waals surface area contributed by atoms with E-state index in [9.17, 15) is 18.7 Å². The molecular weight excluding hydrogens is 390 g/mol. The minimum absolute atomic E-state index is 0.153. The molecule has 1 aromatic heterocycles. The zero-order valence-electron chi connectivity index (χ0n) is 15.6. The van der Waals surface area contributed by atoms with Crippen molar-refractivity contribution in [2.75, 3.05) is 5.32 Å². The number of carboxylic acid groups (broad SMARTS) is 1. The van der Waals surface area contributed by atoms with Crippen LogP contribution in [-0.2, 0) is 6.54 Å². The summed E-state index contributed by atoms with van der Waals surface area (Å²) in [5.41, 5.74) is 3.91. The van der Waals surface area contributed by atoms with Gasteiger partial charge in [0.1, 0.15) is 5.69 Å². The number of aromatic nitrogens is 3.